The third-order valence-corrected chi connectivity index (χ3v) is 3.53. The van der Waals surface area contributed by atoms with Gasteiger partial charge in [-0.15, -0.1) is 0 Å². The topological polar surface area (TPSA) is 31.2 Å². The van der Waals surface area contributed by atoms with Crippen LogP contribution in [0.1, 0.15) is 11.1 Å². The van der Waals surface area contributed by atoms with Crippen molar-refractivity contribution in [2.24, 2.45) is 0 Å². The molecule has 0 radical (unpaired) electrons. The van der Waals surface area contributed by atoms with E-state index in [4.69, 9.17) is 4.74 Å². The van der Waals surface area contributed by atoms with Crippen molar-refractivity contribution in [2.75, 3.05) is 0 Å². The Morgan fingerprint density at radius 3 is 2.38 bits per heavy atom. The molecule has 2 aromatic carbocycles. The third-order valence-electron chi connectivity index (χ3n) is 3.53. The maximum atomic E-state index is 13.3. The van der Waals surface area contributed by atoms with Crippen LogP contribution in [0.2, 0.25) is 0 Å². The highest BCUT2D eigenvalue weighted by Gasteiger charge is 2.05. The van der Waals surface area contributed by atoms with Crippen LogP contribution in [0.5, 0.6) is 5.75 Å². The van der Waals surface area contributed by atoms with Gasteiger partial charge in [-0.3, -0.25) is 4.79 Å². The molecule has 122 valence electrons. The summed E-state index contributed by atoms with van der Waals surface area (Å²) < 4.78 is 33.4. The van der Waals surface area contributed by atoms with Crippen LogP contribution >= 0.6 is 0 Å². The lowest BCUT2D eigenvalue weighted by atomic mass is 10.2. The molecule has 0 bridgehead atoms. The minimum atomic E-state index is -0.927. The molecule has 3 rings (SSSR count). The zero-order valence-electron chi connectivity index (χ0n) is 12.8. The third kappa shape index (κ3) is 3.87. The molecular weight excluding hydrogens is 312 g/mol. The quantitative estimate of drug-likeness (QED) is 0.714. The highest BCUT2D eigenvalue weighted by Crippen LogP contribution is 2.12. The van der Waals surface area contributed by atoms with Gasteiger partial charge in [0.2, 0.25) is 0 Å². The van der Waals surface area contributed by atoms with Crippen LogP contribution < -0.4 is 10.3 Å². The summed E-state index contributed by atoms with van der Waals surface area (Å²) in [5.41, 5.74) is 1.10. The summed E-state index contributed by atoms with van der Waals surface area (Å²) in [5.74, 6) is -1.10. The van der Waals surface area contributed by atoms with Crippen molar-refractivity contribution in [3.63, 3.8) is 0 Å². The average molecular weight is 327 g/mol. The second-order valence-corrected chi connectivity index (χ2v) is 5.35. The molecule has 0 aliphatic rings. The second-order valence-electron chi connectivity index (χ2n) is 5.35. The van der Waals surface area contributed by atoms with Crippen LogP contribution in [0.4, 0.5) is 8.78 Å². The van der Waals surface area contributed by atoms with E-state index in [2.05, 4.69) is 0 Å². The lowest BCUT2D eigenvalue weighted by Gasteiger charge is -2.10. The number of aromatic nitrogens is 1. The number of ether oxygens (including phenoxy) is 1. The fourth-order valence-corrected chi connectivity index (χ4v) is 2.31. The molecule has 0 aliphatic carbocycles. The van der Waals surface area contributed by atoms with Gasteiger partial charge >= 0.3 is 0 Å². The first-order chi connectivity index (χ1) is 11.6. The van der Waals surface area contributed by atoms with E-state index in [-0.39, 0.29) is 12.1 Å². The van der Waals surface area contributed by atoms with E-state index in [1.807, 2.05) is 30.3 Å². The van der Waals surface area contributed by atoms with Crippen molar-refractivity contribution in [3.05, 3.63) is 100.0 Å². The molecule has 0 atom stereocenters. The monoisotopic (exact) mass is 327 g/mol. The Kier molecular flexibility index (Phi) is 4.70. The largest absolute Gasteiger partial charge is 0.489 e. The van der Waals surface area contributed by atoms with E-state index in [0.29, 0.717) is 12.2 Å². The normalized spacial score (nSPS) is 10.6. The first-order valence-electron chi connectivity index (χ1n) is 7.43. The van der Waals surface area contributed by atoms with Gasteiger partial charge in [-0.2, -0.15) is 0 Å². The Morgan fingerprint density at radius 2 is 1.62 bits per heavy atom. The van der Waals surface area contributed by atoms with Gasteiger partial charge in [0.15, 0.2) is 11.6 Å². The molecule has 0 saturated carbocycles. The standard InChI is InChI=1S/C19H15F2NO2/c20-17-8-6-14(10-18(17)21)11-22-12-15(7-9-19(22)23)13-24-16-4-2-1-3-5-16/h1-10,12H,11,13H2. The molecule has 24 heavy (non-hydrogen) atoms. The summed E-state index contributed by atoms with van der Waals surface area (Å²) in [5, 5.41) is 0. The molecule has 3 aromatic rings. The first-order valence-corrected chi connectivity index (χ1v) is 7.43. The molecule has 0 N–H and O–H groups in total. The van der Waals surface area contributed by atoms with Gasteiger partial charge < -0.3 is 9.30 Å². The summed E-state index contributed by atoms with van der Waals surface area (Å²) >= 11 is 0. The molecule has 0 unspecified atom stereocenters. The SMILES string of the molecule is O=c1ccc(COc2ccccc2)cn1Cc1ccc(F)c(F)c1. The van der Waals surface area contributed by atoms with E-state index < -0.39 is 11.6 Å². The van der Waals surface area contributed by atoms with E-state index in [1.165, 1.54) is 16.7 Å². The van der Waals surface area contributed by atoms with Gasteiger partial charge in [0, 0.05) is 17.8 Å². The number of benzene rings is 2. The molecule has 5 heteroatoms. The minimum absolute atomic E-state index is 0.162. The van der Waals surface area contributed by atoms with Gasteiger partial charge in [0.1, 0.15) is 12.4 Å². The van der Waals surface area contributed by atoms with Gasteiger partial charge in [-0.25, -0.2) is 8.78 Å². The van der Waals surface area contributed by atoms with Gasteiger partial charge in [0.25, 0.3) is 5.56 Å². The fraction of sp³-hybridized carbons (Fsp3) is 0.105. The van der Waals surface area contributed by atoms with E-state index in [1.54, 1.807) is 12.3 Å². The molecule has 0 spiro atoms. The van der Waals surface area contributed by atoms with Gasteiger partial charge in [-0.05, 0) is 35.9 Å². The van der Waals surface area contributed by atoms with Crippen molar-refractivity contribution < 1.29 is 13.5 Å². The summed E-state index contributed by atoms with van der Waals surface area (Å²) in [7, 11) is 0. The number of halogens is 2. The Balaban J connectivity index is 1.76. The summed E-state index contributed by atoms with van der Waals surface area (Å²) in [6, 6.07) is 16.1. The Bertz CT molecular complexity index is 891. The van der Waals surface area contributed by atoms with Crippen LogP contribution in [0, 0.1) is 11.6 Å². The molecule has 3 nitrogen and oxygen atoms in total. The van der Waals surface area contributed by atoms with Gasteiger partial charge in [-0.1, -0.05) is 24.3 Å². The van der Waals surface area contributed by atoms with Crippen LogP contribution in [0.15, 0.2) is 71.7 Å². The molecule has 1 heterocycles. The summed E-state index contributed by atoms with van der Waals surface area (Å²) in [6.07, 6.45) is 1.66. The lowest BCUT2D eigenvalue weighted by Crippen LogP contribution is -2.20. The zero-order chi connectivity index (χ0) is 16.9. The molecule has 0 saturated heterocycles. The van der Waals surface area contributed by atoms with Crippen molar-refractivity contribution in [3.8, 4) is 5.75 Å². The first kappa shape index (κ1) is 15.9. The molecule has 0 aliphatic heterocycles. The maximum absolute atomic E-state index is 13.3. The summed E-state index contributed by atoms with van der Waals surface area (Å²) in [4.78, 5) is 12.0. The zero-order valence-corrected chi connectivity index (χ0v) is 12.8. The minimum Gasteiger partial charge on any atom is -0.489 e. The van der Waals surface area contributed by atoms with Crippen LogP contribution in [0.25, 0.3) is 0 Å². The van der Waals surface area contributed by atoms with Crippen molar-refractivity contribution >= 4 is 0 Å². The van der Waals surface area contributed by atoms with E-state index >= 15 is 0 Å². The number of pyridine rings is 1. The fourth-order valence-electron chi connectivity index (χ4n) is 2.31. The molecule has 0 amide bonds. The van der Waals surface area contributed by atoms with Crippen molar-refractivity contribution in [1.82, 2.24) is 4.57 Å². The highest BCUT2D eigenvalue weighted by molar-refractivity contribution is 5.22. The number of para-hydroxylation sites is 1. The Hall–Kier alpha value is -2.95. The Morgan fingerprint density at radius 1 is 0.875 bits per heavy atom. The predicted molar refractivity (Wildman–Crippen MR) is 86.9 cm³/mol. The number of hydrogen-bond donors (Lipinski definition) is 0. The van der Waals surface area contributed by atoms with Crippen LogP contribution in [-0.2, 0) is 13.2 Å². The highest BCUT2D eigenvalue weighted by atomic mass is 19.2. The van der Waals surface area contributed by atoms with Crippen LogP contribution in [-0.4, -0.2) is 4.57 Å². The molecular formula is C19H15F2NO2. The lowest BCUT2D eigenvalue weighted by molar-refractivity contribution is 0.305. The second kappa shape index (κ2) is 7.08. The van der Waals surface area contributed by atoms with Crippen molar-refractivity contribution in [2.45, 2.75) is 13.2 Å². The number of rotatable bonds is 5. The van der Waals surface area contributed by atoms with Crippen LogP contribution in [0.3, 0.4) is 0 Å². The summed E-state index contributed by atoms with van der Waals surface area (Å²) in [6.45, 7) is 0.470. The predicted octanol–water partition coefficient (Wildman–Crippen LogP) is 3.75. The average Bonchev–Trinajstić information content (AvgIpc) is 2.60. The number of nitrogens with zero attached hydrogens (tertiary/aromatic N) is 1. The van der Waals surface area contributed by atoms with Gasteiger partial charge in [0.05, 0.1) is 6.54 Å². The Labute approximate surface area is 137 Å². The number of hydrogen-bond acceptors (Lipinski definition) is 2. The van der Waals surface area contributed by atoms with E-state index in [9.17, 15) is 13.6 Å². The van der Waals surface area contributed by atoms with E-state index in [0.717, 1.165) is 23.4 Å². The van der Waals surface area contributed by atoms with Crippen molar-refractivity contribution in [1.29, 1.82) is 0 Å². The maximum Gasteiger partial charge on any atom is 0.250 e. The molecule has 1 aromatic heterocycles. The smallest absolute Gasteiger partial charge is 0.250 e. The molecule has 0 fully saturated rings.